The Hall–Kier alpha value is -2.16. The van der Waals surface area contributed by atoms with Crippen LogP contribution in [-0.4, -0.2) is 6.61 Å². The van der Waals surface area contributed by atoms with Crippen LogP contribution in [-0.2, 0) is 0 Å². The highest BCUT2D eigenvalue weighted by molar-refractivity contribution is 5.69. The molecule has 0 aliphatic rings. The van der Waals surface area contributed by atoms with E-state index in [2.05, 4.69) is 12.2 Å². The second kappa shape index (κ2) is 6.14. The maximum Gasteiger partial charge on any atom is 0.119 e. The molecule has 0 fully saturated rings. The lowest BCUT2D eigenvalue weighted by Crippen LogP contribution is -1.97. The average Bonchev–Trinajstić information content (AvgIpc) is 2.43. The molecule has 19 heavy (non-hydrogen) atoms. The van der Waals surface area contributed by atoms with Crippen molar-refractivity contribution < 1.29 is 4.74 Å². The van der Waals surface area contributed by atoms with Crippen molar-refractivity contribution in [1.82, 2.24) is 0 Å². The van der Waals surface area contributed by atoms with Crippen LogP contribution >= 0.6 is 0 Å². The molecule has 0 aliphatic carbocycles. The van der Waals surface area contributed by atoms with Gasteiger partial charge in [0, 0.05) is 17.1 Å². The standard InChI is InChI=1S/C16H20N2O/c1-3-11-19-14-9-7-13(8-10-14)18-16-6-4-5-15(17)12(16)2/h4-10,18H,3,11,17H2,1-2H3. The zero-order valence-corrected chi connectivity index (χ0v) is 11.4. The topological polar surface area (TPSA) is 47.3 Å². The molecular weight excluding hydrogens is 236 g/mol. The minimum Gasteiger partial charge on any atom is -0.494 e. The SMILES string of the molecule is CCCOc1ccc(Nc2cccc(N)c2C)cc1. The minimum atomic E-state index is 0.751. The molecule has 0 saturated carbocycles. The summed E-state index contributed by atoms with van der Waals surface area (Å²) < 4.78 is 5.56. The largest absolute Gasteiger partial charge is 0.494 e. The van der Waals surface area contributed by atoms with Gasteiger partial charge in [-0.05, 0) is 55.3 Å². The summed E-state index contributed by atoms with van der Waals surface area (Å²) in [5.41, 5.74) is 9.81. The number of ether oxygens (including phenoxy) is 1. The van der Waals surface area contributed by atoms with Crippen LogP contribution in [0.4, 0.5) is 17.1 Å². The fourth-order valence-corrected chi connectivity index (χ4v) is 1.80. The second-order valence-electron chi connectivity index (χ2n) is 4.52. The molecule has 0 saturated heterocycles. The summed E-state index contributed by atoms with van der Waals surface area (Å²) in [4.78, 5) is 0. The van der Waals surface area contributed by atoms with Gasteiger partial charge in [0.25, 0.3) is 0 Å². The van der Waals surface area contributed by atoms with Crippen molar-refractivity contribution in [1.29, 1.82) is 0 Å². The van der Waals surface area contributed by atoms with Crippen LogP contribution in [0.3, 0.4) is 0 Å². The summed E-state index contributed by atoms with van der Waals surface area (Å²) in [5, 5.41) is 3.36. The zero-order valence-electron chi connectivity index (χ0n) is 11.4. The molecule has 3 heteroatoms. The van der Waals surface area contributed by atoms with Gasteiger partial charge in [-0.15, -0.1) is 0 Å². The molecule has 0 bridgehead atoms. The molecule has 0 aromatic heterocycles. The quantitative estimate of drug-likeness (QED) is 0.791. The Bertz CT molecular complexity index is 535. The average molecular weight is 256 g/mol. The number of hydrogen-bond acceptors (Lipinski definition) is 3. The maximum absolute atomic E-state index is 5.89. The molecule has 0 heterocycles. The number of anilines is 3. The molecule has 0 unspecified atom stereocenters. The second-order valence-corrected chi connectivity index (χ2v) is 4.52. The molecule has 2 rings (SSSR count). The first-order chi connectivity index (χ1) is 9.20. The fourth-order valence-electron chi connectivity index (χ4n) is 1.80. The Kier molecular flexibility index (Phi) is 4.29. The molecule has 0 aliphatic heterocycles. The summed E-state index contributed by atoms with van der Waals surface area (Å²) in [6, 6.07) is 13.8. The van der Waals surface area contributed by atoms with E-state index in [1.54, 1.807) is 0 Å². The number of benzene rings is 2. The summed E-state index contributed by atoms with van der Waals surface area (Å²) in [5.74, 6) is 0.900. The Labute approximate surface area is 114 Å². The summed E-state index contributed by atoms with van der Waals surface area (Å²) in [6.45, 7) is 4.86. The predicted molar refractivity (Wildman–Crippen MR) is 81.1 cm³/mol. The summed E-state index contributed by atoms with van der Waals surface area (Å²) >= 11 is 0. The highest BCUT2D eigenvalue weighted by Gasteiger charge is 2.01. The fraction of sp³-hybridized carbons (Fsp3) is 0.250. The minimum absolute atomic E-state index is 0.751. The van der Waals surface area contributed by atoms with Crippen molar-refractivity contribution in [2.45, 2.75) is 20.3 Å². The van der Waals surface area contributed by atoms with Crippen molar-refractivity contribution in [3.05, 3.63) is 48.0 Å². The van der Waals surface area contributed by atoms with E-state index in [-0.39, 0.29) is 0 Å². The van der Waals surface area contributed by atoms with Crippen molar-refractivity contribution in [3.8, 4) is 5.75 Å². The van der Waals surface area contributed by atoms with Gasteiger partial charge in [-0.3, -0.25) is 0 Å². The van der Waals surface area contributed by atoms with E-state index in [0.717, 1.165) is 41.4 Å². The Morgan fingerprint density at radius 1 is 1.11 bits per heavy atom. The number of rotatable bonds is 5. The lowest BCUT2D eigenvalue weighted by atomic mass is 10.1. The zero-order chi connectivity index (χ0) is 13.7. The number of hydrogen-bond donors (Lipinski definition) is 2. The van der Waals surface area contributed by atoms with Gasteiger partial charge in [0.1, 0.15) is 5.75 Å². The van der Waals surface area contributed by atoms with Crippen molar-refractivity contribution in [2.75, 3.05) is 17.7 Å². The molecule has 0 atom stereocenters. The summed E-state index contributed by atoms with van der Waals surface area (Å²) in [7, 11) is 0. The first kappa shape index (κ1) is 13.3. The van der Waals surface area contributed by atoms with Gasteiger partial charge in [-0.1, -0.05) is 13.0 Å². The maximum atomic E-state index is 5.89. The van der Waals surface area contributed by atoms with Gasteiger partial charge < -0.3 is 15.8 Å². The monoisotopic (exact) mass is 256 g/mol. The lowest BCUT2D eigenvalue weighted by Gasteiger charge is -2.12. The van der Waals surface area contributed by atoms with E-state index in [4.69, 9.17) is 10.5 Å². The van der Waals surface area contributed by atoms with Crippen LogP contribution < -0.4 is 15.8 Å². The van der Waals surface area contributed by atoms with Crippen LogP contribution in [0, 0.1) is 6.92 Å². The molecule has 100 valence electrons. The van der Waals surface area contributed by atoms with Crippen molar-refractivity contribution in [2.24, 2.45) is 0 Å². The van der Waals surface area contributed by atoms with Crippen LogP contribution in [0.15, 0.2) is 42.5 Å². The first-order valence-corrected chi connectivity index (χ1v) is 6.55. The van der Waals surface area contributed by atoms with Crippen LogP contribution in [0.1, 0.15) is 18.9 Å². The van der Waals surface area contributed by atoms with E-state index < -0.39 is 0 Å². The first-order valence-electron chi connectivity index (χ1n) is 6.55. The Morgan fingerprint density at radius 3 is 2.53 bits per heavy atom. The Morgan fingerprint density at radius 2 is 1.84 bits per heavy atom. The summed E-state index contributed by atoms with van der Waals surface area (Å²) in [6.07, 6.45) is 1.02. The van der Waals surface area contributed by atoms with Gasteiger partial charge in [0.05, 0.1) is 6.61 Å². The predicted octanol–water partition coefficient (Wildman–Crippen LogP) is 4.11. The molecule has 3 N–H and O–H groups in total. The van der Waals surface area contributed by atoms with Gasteiger partial charge in [-0.25, -0.2) is 0 Å². The van der Waals surface area contributed by atoms with Gasteiger partial charge in [0.15, 0.2) is 0 Å². The third-order valence-electron chi connectivity index (χ3n) is 2.98. The van der Waals surface area contributed by atoms with Crippen LogP contribution in [0.25, 0.3) is 0 Å². The molecule has 2 aromatic carbocycles. The molecule has 0 amide bonds. The van der Waals surface area contributed by atoms with E-state index >= 15 is 0 Å². The van der Waals surface area contributed by atoms with E-state index in [0.29, 0.717) is 0 Å². The number of nitrogens with one attached hydrogen (secondary N) is 1. The Balaban J connectivity index is 2.09. The highest BCUT2D eigenvalue weighted by atomic mass is 16.5. The van der Waals surface area contributed by atoms with Crippen LogP contribution in [0.2, 0.25) is 0 Å². The molecular formula is C16H20N2O. The van der Waals surface area contributed by atoms with E-state index in [1.165, 1.54) is 0 Å². The van der Waals surface area contributed by atoms with Crippen molar-refractivity contribution >= 4 is 17.1 Å². The van der Waals surface area contributed by atoms with Gasteiger partial charge in [-0.2, -0.15) is 0 Å². The number of nitrogen functional groups attached to an aromatic ring is 1. The van der Waals surface area contributed by atoms with E-state index in [9.17, 15) is 0 Å². The van der Waals surface area contributed by atoms with Gasteiger partial charge in [0.2, 0.25) is 0 Å². The molecule has 2 aromatic rings. The smallest absolute Gasteiger partial charge is 0.119 e. The van der Waals surface area contributed by atoms with Gasteiger partial charge >= 0.3 is 0 Å². The molecule has 0 spiro atoms. The van der Waals surface area contributed by atoms with Crippen LogP contribution in [0.5, 0.6) is 5.75 Å². The van der Waals surface area contributed by atoms with E-state index in [1.807, 2.05) is 49.4 Å². The highest BCUT2D eigenvalue weighted by Crippen LogP contribution is 2.25. The third-order valence-corrected chi connectivity index (χ3v) is 2.98. The van der Waals surface area contributed by atoms with Crippen molar-refractivity contribution in [3.63, 3.8) is 0 Å². The third kappa shape index (κ3) is 3.41. The lowest BCUT2D eigenvalue weighted by molar-refractivity contribution is 0.317. The number of nitrogens with two attached hydrogens (primary N) is 1. The molecule has 0 radical (unpaired) electrons. The normalized spacial score (nSPS) is 10.2. The molecule has 3 nitrogen and oxygen atoms in total.